The van der Waals surface area contributed by atoms with E-state index >= 15 is 0 Å². The van der Waals surface area contributed by atoms with E-state index in [2.05, 4.69) is 17.2 Å². The van der Waals surface area contributed by atoms with Crippen LogP contribution >= 0.6 is 0 Å². The van der Waals surface area contributed by atoms with Crippen molar-refractivity contribution >= 4 is 22.9 Å². The fourth-order valence-electron chi connectivity index (χ4n) is 4.29. The second-order valence-electron chi connectivity index (χ2n) is 9.19. The Bertz CT molecular complexity index is 1120. The Morgan fingerprint density at radius 2 is 1.92 bits per heavy atom. The number of pyridine rings is 1. The largest absolute Gasteiger partial charge is 0.755 e. The second kappa shape index (κ2) is 12.2. The highest BCUT2D eigenvalue weighted by Gasteiger charge is 2.34. The molecule has 2 aromatic rings. The number of halogens is 4. The molecule has 1 aromatic carbocycles. The highest BCUT2D eigenvalue weighted by molar-refractivity contribution is 7.80. The van der Waals surface area contributed by atoms with Crippen LogP contribution in [0.2, 0.25) is 0 Å². The minimum atomic E-state index is -4.64. The average Bonchev–Trinajstić information content (AvgIpc) is 2.86. The molecule has 1 N–H and O–H groups in total. The average molecular weight is 545 g/mol. The molecule has 1 heterocycles. The van der Waals surface area contributed by atoms with Crippen molar-refractivity contribution in [3.05, 3.63) is 53.0 Å². The molecule has 0 saturated heterocycles. The predicted molar refractivity (Wildman–Crippen MR) is 130 cm³/mol. The minimum Gasteiger partial charge on any atom is -0.755 e. The highest BCUT2D eigenvalue weighted by Crippen LogP contribution is 2.33. The van der Waals surface area contributed by atoms with Gasteiger partial charge in [0.1, 0.15) is 17.6 Å². The van der Waals surface area contributed by atoms with E-state index in [0.29, 0.717) is 17.0 Å². The molecule has 1 aliphatic rings. The first-order valence-electron chi connectivity index (χ1n) is 12.0. The first kappa shape index (κ1) is 28.8. The van der Waals surface area contributed by atoms with E-state index in [9.17, 15) is 31.1 Å². The monoisotopic (exact) mass is 544 g/mol. The second-order valence-corrected chi connectivity index (χ2v) is 10.2. The van der Waals surface area contributed by atoms with E-state index in [1.54, 1.807) is 0 Å². The molecule has 1 saturated carbocycles. The SMILES string of the molecule is CCC1CCC(Oc2nc(C(F)(F)F)ccc2CNC(=O)C(C)c2ccc(N(C)S(=O)[O-])c(F)c2)CC1. The quantitative estimate of drug-likeness (QED) is 0.344. The molecule has 0 radical (unpaired) electrons. The number of carbonyl (C=O) groups is 1. The summed E-state index contributed by atoms with van der Waals surface area (Å²) in [5, 5.41) is 2.65. The number of rotatable bonds is 9. The lowest BCUT2D eigenvalue weighted by Gasteiger charge is -2.28. The first-order valence-corrected chi connectivity index (χ1v) is 13.1. The Balaban J connectivity index is 1.72. The van der Waals surface area contributed by atoms with Gasteiger partial charge < -0.3 is 18.9 Å². The minimum absolute atomic E-state index is 0.133. The van der Waals surface area contributed by atoms with Crippen molar-refractivity contribution in [2.24, 2.45) is 5.92 Å². The Hall–Kier alpha value is -2.73. The van der Waals surface area contributed by atoms with E-state index in [1.807, 2.05) is 0 Å². The standard InChI is InChI=1S/C25H31F4N3O4S/c1-4-16-5-9-19(10-6-16)36-24-18(8-12-22(31-24)25(27,28)29)14-30-23(33)15(2)17-7-11-21(20(26)13-17)32(3)37(34)35/h7-8,11-13,15-16,19H,4-6,9-10,14H2,1-3H3,(H,30,33)(H,34,35)/p-1. The van der Waals surface area contributed by atoms with Gasteiger partial charge in [0, 0.05) is 30.4 Å². The number of nitrogens with one attached hydrogen (secondary N) is 1. The topological polar surface area (TPSA) is 94.6 Å². The third-order valence-corrected chi connectivity index (χ3v) is 7.40. The Morgan fingerprint density at radius 3 is 2.49 bits per heavy atom. The zero-order valence-corrected chi connectivity index (χ0v) is 21.6. The molecule has 0 spiro atoms. The lowest BCUT2D eigenvalue weighted by molar-refractivity contribution is -0.141. The Morgan fingerprint density at radius 1 is 1.24 bits per heavy atom. The number of nitrogens with zero attached hydrogens (tertiary/aromatic N) is 2. The number of alkyl halides is 3. The van der Waals surface area contributed by atoms with Crippen LogP contribution in [0.3, 0.4) is 0 Å². The molecule has 0 bridgehead atoms. The summed E-state index contributed by atoms with van der Waals surface area (Å²) in [6.45, 7) is 3.51. The number of carbonyl (C=O) groups excluding carboxylic acids is 1. The summed E-state index contributed by atoms with van der Waals surface area (Å²) < 4.78 is 83.0. The van der Waals surface area contributed by atoms with Gasteiger partial charge in [0.05, 0.1) is 11.6 Å². The van der Waals surface area contributed by atoms with Gasteiger partial charge in [0.2, 0.25) is 11.8 Å². The number of hydrogen-bond donors (Lipinski definition) is 1. The van der Waals surface area contributed by atoms with Crippen LogP contribution < -0.4 is 14.4 Å². The fourth-order valence-corrected chi connectivity index (χ4v) is 4.60. The molecule has 2 unspecified atom stereocenters. The molecule has 2 atom stereocenters. The van der Waals surface area contributed by atoms with Gasteiger partial charge in [-0.3, -0.25) is 9.00 Å². The van der Waals surface area contributed by atoms with Crippen molar-refractivity contribution in [1.82, 2.24) is 10.3 Å². The predicted octanol–water partition coefficient (Wildman–Crippen LogP) is 5.24. The van der Waals surface area contributed by atoms with Gasteiger partial charge in [-0.2, -0.15) is 13.2 Å². The normalized spacial score (nSPS) is 19.7. The van der Waals surface area contributed by atoms with Gasteiger partial charge in [-0.1, -0.05) is 19.4 Å². The molecule has 7 nitrogen and oxygen atoms in total. The van der Waals surface area contributed by atoms with Crippen molar-refractivity contribution in [1.29, 1.82) is 0 Å². The fraction of sp³-hybridized carbons (Fsp3) is 0.520. The third kappa shape index (κ3) is 7.41. The maximum atomic E-state index is 14.4. The van der Waals surface area contributed by atoms with E-state index in [1.165, 1.54) is 32.2 Å². The Kier molecular flexibility index (Phi) is 9.51. The van der Waals surface area contributed by atoms with Crippen molar-refractivity contribution in [3.8, 4) is 5.88 Å². The third-order valence-electron chi connectivity index (χ3n) is 6.76. The zero-order chi connectivity index (χ0) is 27.3. The van der Waals surface area contributed by atoms with Crippen LogP contribution in [0.1, 0.15) is 68.7 Å². The molecular formula is C25H30F4N3O4S-. The van der Waals surface area contributed by atoms with Gasteiger partial charge in [-0.25, -0.2) is 9.37 Å². The molecule has 3 rings (SSSR count). The van der Waals surface area contributed by atoms with Crippen molar-refractivity contribution in [2.45, 2.75) is 70.7 Å². The number of aromatic nitrogens is 1. The van der Waals surface area contributed by atoms with Crippen molar-refractivity contribution < 1.29 is 35.9 Å². The van der Waals surface area contributed by atoms with Gasteiger partial charge in [0.25, 0.3) is 0 Å². The number of hydrogen-bond acceptors (Lipinski definition) is 5. The molecule has 0 aliphatic heterocycles. The van der Waals surface area contributed by atoms with Gasteiger partial charge in [-0.05, 0) is 68.4 Å². The molecule has 1 amide bonds. The van der Waals surface area contributed by atoms with Crippen molar-refractivity contribution in [2.75, 3.05) is 11.4 Å². The molecule has 1 fully saturated rings. The number of benzene rings is 1. The van der Waals surface area contributed by atoms with Gasteiger partial charge in [0.15, 0.2) is 0 Å². The van der Waals surface area contributed by atoms with Crippen LogP contribution in [0.5, 0.6) is 5.88 Å². The molecule has 1 aromatic heterocycles. The number of amides is 1. The molecule has 12 heteroatoms. The molecular weight excluding hydrogens is 514 g/mol. The Labute approximate surface area is 216 Å². The van der Waals surface area contributed by atoms with Crippen LogP contribution in [-0.4, -0.2) is 32.8 Å². The van der Waals surface area contributed by atoms with Gasteiger partial charge >= 0.3 is 6.18 Å². The summed E-state index contributed by atoms with van der Waals surface area (Å²) in [5.74, 6) is -1.71. The van der Waals surface area contributed by atoms with Crippen LogP contribution in [0, 0.1) is 11.7 Å². The summed E-state index contributed by atoms with van der Waals surface area (Å²) in [6.07, 6.45) is -0.552. The van der Waals surface area contributed by atoms with Crippen molar-refractivity contribution in [3.63, 3.8) is 0 Å². The summed E-state index contributed by atoms with van der Waals surface area (Å²) >= 11 is -2.66. The highest BCUT2D eigenvalue weighted by atomic mass is 32.2. The molecule has 204 valence electrons. The van der Waals surface area contributed by atoms with Crippen LogP contribution in [0.25, 0.3) is 0 Å². The van der Waals surface area contributed by atoms with Gasteiger partial charge in [-0.15, -0.1) is 0 Å². The summed E-state index contributed by atoms with van der Waals surface area (Å²) in [6, 6.07) is 5.84. The van der Waals surface area contributed by atoms with E-state index in [0.717, 1.165) is 48.5 Å². The maximum Gasteiger partial charge on any atom is 0.433 e. The molecule has 37 heavy (non-hydrogen) atoms. The number of anilines is 1. The van der Waals surface area contributed by atoms with Crippen LogP contribution in [0.4, 0.5) is 23.2 Å². The summed E-state index contributed by atoms with van der Waals surface area (Å²) in [4.78, 5) is 16.5. The summed E-state index contributed by atoms with van der Waals surface area (Å²) in [7, 11) is 1.19. The van der Waals surface area contributed by atoms with Crippen LogP contribution in [-0.2, 0) is 28.8 Å². The maximum absolute atomic E-state index is 14.4. The lowest BCUT2D eigenvalue weighted by Crippen LogP contribution is -2.29. The lowest BCUT2D eigenvalue weighted by atomic mass is 9.86. The zero-order valence-electron chi connectivity index (χ0n) is 20.8. The van der Waals surface area contributed by atoms with E-state index in [4.69, 9.17) is 4.74 Å². The molecule has 1 aliphatic carbocycles. The van der Waals surface area contributed by atoms with Crippen LogP contribution in [0.15, 0.2) is 30.3 Å². The van der Waals surface area contributed by atoms with E-state index < -0.39 is 40.8 Å². The summed E-state index contributed by atoms with van der Waals surface area (Å²) in [5.41, 5.74) is -0.645. The smallest absolute Gasteiger partial charge is 0.433 e. The number of ether oxygens (including phenoxy) is 1. The first-order chi connectivity index (χ1) is 17.4. The van der Waals surface area contributed by atoms with E-state index in [-0.39, 0.29) is 24.2 Å².